The average Bonchev–Trinajstić information content (AvgIpc) is 2.85. The van der Waals surface area contributed by atoms with Gasteiger partial charge in [0, 0.05) is 23.1 Å². The Kier molecular flexibility index (Phi) is 3.60. The van der Waals surface area contributed by atoms with Gasteiger partial charge in [-0.15, -0.1) is 11.3 Å². The van der Waals surface area contributed by atoms with Crippen LogP contribution in [0.2, 0.25) is 0 Å². The first-order valence-corrected chi connectivity index (χ1v) is 7.40. The van der Waals surface area contributed by atoms with Crippen LogP contribution in [-0.2, 0) is 0 Å². The lowest BCUT2D eigenvalue weighted by atomic mass is 10.2. The van der Waals surface area contributed by atoms with E-state index in [1.165, 1.54) is 4.88 Å². The van der Waals surface area contributed by atoms with Crippen molar-refractivity contribution >= 4 is 17.0 Å². The van der Waals surface area contributed by atoms with E-state index in [9.17, 15) is 0 Å². The minimum absolute atomic E-state index is 0.296. The summed E-state index contributed by atoms with van der Waals surface area (Å²) in [6, 6.07) is 10.6. The number of anilines is 1. The number of fused-ring (bicyclic) bond motifs is 1. The zero-order valence-corrected chi connectivity index (χ0v) is 11.7. The maximum absolute atomic E-state index is 5.70. The molecule has 3 rings (SSSR count). The predicted octanol–water partition coefficient (Wildman–Crippen LogP) is 4.08. The first-order chi connectivity index (χ1) is 9.33. The molecule has 1 aliphatic rings. The molecule has 0 spiro atoms. The Labute approximate surface area is 117 Å². The summed E-state index contributed by atoms with van der Waals surface area (Å²) in [5.74, 6) is 1.67. The van der Waals surface area contributed by atoms with Crippen molar-refractivity contribution in [2.45, 2.75) is 19.4 Å². The molecule has 0 amide bonds. The Morgan fingerprint density at radius 2 is 2.00 bits per heavy atom. The molecule has 1 aromatic heterocycles. The summed E-state index contributed by atoms with van der Waals surface area (Å²) in [5.41, 5.74) is 1.06. The number of hydrogen-bond acceptors (Lipinski definition) is 4. The Bertz CT molecular complexity index is 539. The van der Waals surface area contributed by atoms with E-state index in [2.05, 4.69) is 29.8 Å². The normalized spacial score (nSPS) is 15.6. The average molecular weight is 275 g/mol. The molecule has 4 heteroatoms. The van der Waals surface area contributed by atoms with E-state index >= 15 is 0 Å². The molecule has 1 unspecified atom stereocenters. The molecule has 2 aromatic rings. The summed E-state index contributed by atoms with van der Waals surface area (Å²) < 4.78 is 11.3. The van der Waals surface area contributed by atoms with Gasteiger partial charge >= 0.3 is 0 Å². The van der Waals surface area contributed by atoms with Crippen LogP contribution in [-0.4, -0.2) is 13.2 Å². The number of ether oxygens (including phenoxy) is 2. The van der Waals surface area contributed by atoms with E-state index in [0.29, 0.717) is 6.04 Å². The second-order valence-corrected chi connectivity index (χ2v) is 5.57. The summed E-state index contributed by atoms with van der Waals surface area (Å²) >= 11 is 1.76. The highest BCUT2D eigenvalue weighted by molar-refractivity contribution is 7.10. The van der Waals surface area contributed by atoms with Gasteiger partial charge in [-0.2, -0.15) is 0 Å². The highest BCUT2D eigenvalue weighted by atomic mass is 32.1. The van der Waals surface area contributed by atoms with Crippen molar-refractivity contribution in [3.8, 4) is 11.5 Å². The Hall–Kier alpha value is -1.68. The predicted molar refractivity (Wildman–Crippen MR) is 78.4 cm³/mol. The molecule has 1 N–H and O–H groups in total. The van der Waals surface area contributed by atoms with Gasteiger partial charge < -0.3 is 14.8 Å². The van der Waals surface area contributed by atoms with Gasteiger partial charge in [0.2, 0.25) is 0 Å². The van der Waals surface area contributed by atoms with Crippen molar-refractivity contribution in [1.82, 2.24) is 0 Å². The number of hydrogen-bond donors (Lipinski definition) is 1. The van der Waals surface area contributed by atoms with Gasteiger partial charge in [0.15, 0.2) is 11.5 Å². The number of nitrogens with one attached hydrogen (secondary N) is 1. The van der Waals surface area contributed by atoms with Crippen molar-refractivity contribution in [3.05, 3.63) is 40.6 Å². The van der Waals surface area contributed by atoms with Crippen molar-refractivity contribution < 1.29 is 9.47 Å². The summed E-state index contributed by atoms with van der Waals surface area (Å²) in [5, 5.41) is 5.59. The van der Waals surface area contributed by atoms with Gasteiger partial charge in [-0.05, 0) is 30.5 Å². The van der Waals surface area contributed by atoms with Crippen molar-refractivity contribution in [2.24, 2.45) is 0 Å². The molecule has 0 aliphatic carbocycles. The fraction of sp³-hybridized carbons (Fsp3) is 0.333. The van der Waals surface area contributed by atoms with E-state index in [1.54, 1.807) is 11.3 Å². The van der Waals surface area contributed by atoms with Gasteiger partial charge in [-0.1, -0.05) is 6.07 Å². The van der Waals surface area contributed by atoms with Crippen LogP contribution in [0.25, 0.3) is 0 Å². The third-order valence-corrected chi connectivity index (χ3v) is 4.16. The van der Waals surface area contributed by atoms with Gasteiger partial charge in [0.05, 0.1) is 19.3 Å². The largest absolute Gasteiger partial charge is 0.490 e. The van der Waals surface area contributed by atoms with Crippen LogP contribution in [0, 0.1) is 0 Å². The van der Waals surface area contributed by atoms with Crippen LogP contribution in [0.4, 0.5) is 5.69 Å². The molecule has 0 saturated carbocycles. The van der Waals surface area contributed by atoms with Crippen LogP contribution >= 0.6 is 11.3 Å². The molecular weight excluding hydrogens is 258 g/mol. The molecule has 19 heavy (non-hydrogen) atoms. The smallest absolute Gasteiger partial charge is 0.163 e. The number of rotatable bonds is 3. The molecule has 1 aromatic carbocycles. The lowest BCUT2D eigenvalue weighted by molar-refractivity contribution is 0.297. The first kappa shape index (κ1) is 12.4. The van der Waals surface area contributed by atoms with Gasteiger partial charge in [0.1, 0.15) is 0 Å². The summed E-state index contributed by atoms with van der Waals surface area (Å²) in [7, 11) is 0. The van der Waals surface area contributed by atoms with Crippen molar-refractivity contribution in [2.75, 3.05) is 18.5 Å². The van der Waals surface area contributed by atoms with Gasteiger partial charge in [-0.25, -0.2) is 0 Å². The zero-order chi connectivity index (χ0) is 13.1. The molecule has 100 valence electrons. The molecule has 1 atom stereocenters. The van der Waals surface area contributed by atoms with Crippen LogP contribution in [0.15, 0.2) is 35.7 Å². The van der Waals surface area contributed by atoms with Crippen LogP contribution in [0.1, 0.15) is 24.3 Å². The third kappa shape index (κ3) is 2.84. The number of benzene rings is 1. The lowest BCUT2D eigenvalue weighted by Crippen LogP contribution is -2.05. The van der Waals surface area contributed by atoms with E-state index < -0.39 is 0 Å². The zero-order valence-electron chi connectivity index (χ0n) is 10.9. The topological polar surface area (TPSA) is 30.5 Å². The highest BCUT2D eigenvalue weighted by Gasteiger charge is 2.12. The Morgan fingerprint density at radius 3 is 2.79 bits per heavy atom. The maximum atomic E-state index is 5.70. The van der Waals surface area contributed by atoms with Crippen LogP contribution in [0.5, 0.6) is 11.5 Å². The molecule has 2 heterocycles. The fourth-order valence-electron chi connectivity index (χ4n) is 2.11. The highest BCUT2D eigenvalue weighted by Crippen LogP contribution is 2.33. The summed E-state index contributed by atoms with van der Waals surface area (Å²) in [6.07, 6.45) is 0.934. The quantitative estimate of drug-likeness (QED) is 0.915. The Morgan fingerprint density at radius 1 is 1.16 bits per heavy atom. The van der Waals surface area contributed by atoms with E-state index in [4.69, 9.17) is 9.47 Å². The van der Waals surface area contributed by atoms with E-state index in [-0.39, 0.29) is 0 Å². The van der Waals surface area contributed by atoms with Crippen molar-refractivity contribution in [3.63, 3.8) is 0 Å². The maximum Gasteiger partial charge on any atom is 0.163 e. The van der Waals surface area contributed by atoms with E-state index in [1.807, 2.05) is 18.2 Å². The minimum Gasteiger partial charge on any atom is -0.490 e. The third-order valence-electron chi connectivity index (χ3n) is 3.10. The van der Waals surface area contributed by atoms with Gasteiger partial charge in [0.25, 0.3) is 0 Å². The van der Waals surface area contributed by atoms with E-state index in [0.717, 1.165) is 36.8 Å². The standard InChI is InChI=1S/C15H17NO2S/c1-11(15-4-2-9-19-15)16-12-5-6-13-14(10-12)18-8-3-7-17-13/h2,4-6,9-11,16H,3,7-8H2,1H3. The molecule has 0 radical (unpaired) electrons. The summed E-state index contributed by atoms with van der Waals surface area (Å²) in [4.78, 5) is 1.33. The second-order valence-electron chi connectivity index (χ2n) is 4.59. The molecule has 1 aliphatic heterocycles. The molecular formula is C15H17NO2S. The summed E-state index contributed by atoms with van der Waals surface area (Å²) in [6.45, 7) is 3.61. The van der Waals surface area contributed by atoms with Crippen molar-refractivity contribution in [1.29, 1.82) is 0 Å². The van der Waals surface area contributed by atoms with Crippen LogP contribution < -0.4 is 14.8 Å². The lowest BCUT2D eigenvalue weighted by Gasteiger charge is -2.15. The van der Waals surface area contributed by atoms with Crippen LogP contribution in [0.3, 0.4) is 0 Å². The molecule has 0 saturated heterocycles. The monoisotopic (exact) mass is 275 g/mol. The SMILES string of the molecule is CC(Nc1ccc2c(c1)OCCCO2)c1cccs1. The molecule has 0 bridgehead atoms. The first-order valence-electron chi connectivity index (χ1n) is 6.52. The molecule has 3 nitrogen and oxygen atoms in total. The molecule has 0 fully saturated rings. The Balaban J connectivity index is 1.76. The number of thiophene rings is 1. The fourth-order valence-corrected chi connectivity index (χ4v) is 2.85. The second kappa shape index (κ2) is 5.53. The van der Waals surface area contributed by atoms with Gasteiger partial charge in [-0.3, -0.25) is 0 Å². The minimum atomic E-state index is 0.296.